The van der Waals surface area contributed by atoms with Gasteiger partial charge in [-0.2, -0.15) is 0 Å². The van der Waals surface area contributed by atoms with Crippen LogP contribution >= 0.6 is 0 Å². The van der Waals surface area contributed by atoms with Gasteiger partial charge in [0, 0.05) is 18.5 Å². The molecule has 0 unspecified atom stereocenters. The maximum absolute atomic E-state index is 13.3. The van der Waals surface area contributed by atoms with Crippen molar-refractivity contribution in [1.29, 1.82) is 0 Å². The molecular weight excluding hydrogens is 299 g/mol. The lowest BCUT2D eigenvalue weighted by Crippen LogP contribution is -2.26. The molecule has 0 saturated heterocycles. The topological polar surface area (TPSA) is 102 Å². The summed E-state index contributed by atoms with van der Waals surface area (Å²) in [6.07, 6.45) is 1.98. The van der Waals surface area contributed by atoms with Gasteiger partial charge in [-0.05, 0) is 30.3 Å². The number of hydrogen-bond donors (Lipinski definition) is 2. The number of rotatable bonds is 5. The zero-order chi connectivity index (χ0) is 15.5. The van der Waals surface area contributed by atoms with Crippen LogP contribution in [0.5, 0.6) is 0 Å². The van der Waals surface area contributed by atoms with Crippen LogP contribution in [0.15, 0.2) is 45.9 Å². The van der Waals surface area contributed by atoms with E-state index in [1.807, 2.05) is 0 Å². The summed E-state index contributed by atoms with van der Waals surface area (Å²) in [5.74, 6) is -0.747. The maximum Gasteiger partial charge on any atom is 0.251 e. The average molecular weight is 312 g/mol. The van der Waals surface area contributed by atoms with E-state index in [1.54, 1.807) is 12.1 Å². The molecular formula is C13H13FN2O4S. The van der Waals surface area contributed by atoms with E-state index >= 15 is 0 Å². The minimum absolute atomic E-state index is 0.113. The van der Waals surface area contributed by atoms with Crippen molar-refractivity contribution in [3.63, 3.8) is 0 Å². The van der Waals surface area contributed by atoms with E-state index in [-0.39, 0.29) is 12.1 Å². The first-order chi connectivity index (χ1) is 9.86. The van der Waals surface area contributed by atoms with Gasteiger partial charge in [0.25, 0.3) is 5.91 Å². The quantitative estimate of drug-likeness (QED) is 0.861. The van der Waals surface area contributed by atoms with Crippen LogP contribution in [0.2, 0.25) is 0 Å². The lowest BCUT2D eigenvalue weighted by Gasteiger charge is -2.06. The molecule has 0 aliphatic heterocycles. The van der Waals surface area contributed by atoms with Gasteiger partial charge in [0.05, 0.1) is 11.2 Å². The molecule has 0 saturated carbocycles. The van der Waals surface area contributed by atoms with Gasteiger partial charge in [-0.15, -0.1) is 0 Å². The normalized spacial score (nSPS) is 11.3. The fourth-order valence-electron chi connectivity index (χ4n) is 1.71. The summed E-state index contributed by atoms with van der Waals surface area (Å²) in [5.41, 5.74) is -0.113. The highest BCUT2D eigenvalue weighted by molar-refractivity contribution is 7.89. The minimum Gasteiger partial charge on any atom is -0.469 e. The van der Waals surface area contributed by atoms with Crippen molar-refractivity contribution in [3.05, 3.63) is 53.7 Å². The van der Waals surface area contributed by atoms with E-state index in [9.17, 15) is 17.6 Å². The molecule has 112 valence electrons. The second-order valence-electron chi connectivity index (χ2n) is 4.31. The van der Waals surface area contributed by atoms with Gasteiger partial charge in [-0.3, -0.25) is 4.79 Å². The molecule has 0 bridgehead atoms. The van der Waals surface area contributed by atoms with Gasteiger partial charge >= 0.3 is 0 Å². The maximum atomic E-state index is 13.3. The van der Waals surface area contributed by atoms with E-state index in [2.05, 4.69) is 5.32 Å². The number of hydrogen-bond acceptors (Lipinski definition) is 4. The molecule has 3 N–H and O–H groups in total. The van der Waals surface area contributed by atoms with E-state index in [0.29, 0.717) is 12.2 Å². The van der Waals surface area contributed by atoms with Gasteiger partial charge in [-0.25, -0.2) is 17.9 Å². The van der Waals surface area contributed by atoms with Crippen LogP contribution in [0.1, 0.15) is 16.1 Å². The summed E-state index contributed by atoms with van der Waals surface area (Å²) >= 11 is 0. The van der Waals surface area contributed by atoms with Gasteiger partial charge in [0.1, 0.15) is 11.6 Å². The van der Waals surface area contributed by atoms with Crippen LogP contribution in [-0.2, 0) is 16.4 Å². The smallest absolute Gasteiger partial charge is 0.251 e. The number of furan rings is 1. The van der Waals surface area contributed by atoms with Crippen LogP contribution in [0.4, 0.5) is 4.39 Å². The van der Waals surface area contributed by atoms with Crippen molar-refractivity contribution in [2.24, 2.45) is 5.14 Å². The number of sulfonamides is 1. The van der Waals surface area contributed by atoms with Gasteiger partial charge in [0.15, 0.2) is 0 Å². The van der Waals surface area contributed by atoms with Gasteiger partial charge in [-0.1, -0.05) is 0 Å². The Kier molecular flexibility index (Phi) is 4.39. The van der Waals surface area contributed by atoms with Crippen molar-refractivity contribution >= 4 is 15.9 Å². The Hall–Kier alpha value is -2.19. The fraction of sp³-hybridized carbons (Fsp3) is 0.154. The summed E-state index contributed by atoms with van der Waals surface area (Å²) in [6.45, 7) is 0.271. The summed E-state index contributed by atoms with van der Waals surface area (Å²) < 4.78 is 40.8. The molecule has 8 heteroatoms. The molecule has 0 spiro atoms. The summed E-state index contributed by atoms with van der Waals surface area (Å²) in [6, 6.07) is 6.21. The zero-order valence-electron chi connectivity index (χ0n) is 10.9. The van der Waals surface area contributed by atoms with E-state index in [1.165, 1.54) is 6.26 Å². The van der Waals surface area contributed by atoms with Crippen LogP contribution in [-0.4, -0.2) is 20.9 Å². The minimum atomic E-state index is -4.07. The first-order valence-corrected chi connectivity index (χ1v) is 7.55. The summed E-state index contributed by atoms with van der Waals surface area (Å²) in [7, 11) is -4.07. The van der Waals surface area contributed by atoms with E-state index in [4.69, 9.17) is 9.56 Å². The molecule has 1 aromatic heterocycles. The average Bonchev–Trinajstić information content (AvgIpc) is 2.90. The second kappa shape index (κ2) is 6.06. The number of carbonyl (C=O) groups excluding carboxylic acids is 1. The standard InChI is InChI=1S/C13H13FN2O4S/c14-10-6-9(7-12(8-10)21(15,18)19)13(17)16-4-3-11-2-1-5-20-11/h1-2,5-8H,3-4H2,(H,16,17)(H2,15,18,19). The molecule has 0 radical (unpaired) electrons. The Morgan fingerprint density at radius 1 is 1.33 bits per heavy atom. The van der Waals surface area contributed by atoms with Gasteiger partial charge in [0.2, 0.25) is 10.0 Å². The molecule has 1 aromatic carbocycles. The molecule has 0 atom stereocenters. The Balaban J connectivity index is 2.07. The molecule has 0 aliphatic rings. The van der Waals surface area contributed by atoms with Crippen molar-refractivity contribution in [3.8, 4) is 0 Å². The third-order valence-electron chi connectivity index (χ3n) is 2.70. The lowest BCUT2D eigenvalue weighted by molar-refractivity contribution is 0.0953. The van der Waals surface area contributed by atoms with Gasteiger partial charge < -0.3 is 9.73 Å². The Morgan fingerprint density at radius 3 is 2.71 bits per heavy atom. The molecule has 21 heavy (non-hydrogen) atoms. The van der Waals surface area contributed by atoms with Crippen molar-refractivity contribution < 1.29 is 22.0 Å². The van der Waals surface area contributed by atoms with E-state index in [0.717, 1.165) is 18.2 Å². The van der Waals surface area contributed by atoms with Crippen molar-refractivity contribution in [1.82, 2.24) is 5.32 Å². The first-order valence-electron chi connectivity index (χ1n) is 6.00. The Bertz CT molecular complexity index is 742. The Labute approximate surface area is 120 Å². The third-order valence-corrected chi connectivity index (χ3v) is 3.59. The highest BCUT2D eigenvalue weighted by Crippen LogP contribution is 2.13. The fourth-order valence-corrected chi connectivity index (χ4v) is 2.28. The number of halogens is 1. The highest BCUT2D eigenvalue weighted by Gasteiger charge is 2.14. The van der Waals surface area contributed by atoms with Crippen LogP contribution in [0, 0.1) is 5.82 Å². The van der Waals surface area contributed by atoms with Crippen LogP contribution < -0.4 is 10.5 Å². The molecule has 2 rings (SSSR count). The molecule has 0 fully saturated rings. The molecule has 1 heterocycles. The monoisotopic (exact) mass is 312 g/mol. The second-order valence-corrected chi connectivity index (χ2v) is 5.87. The van der Waals surface area contributed by atoms with Crippen molar-refractivity contribution in [2.45, 2.75) is 11.3 Å². The highest BCUT2D eigenvalue weighted by atomic mass is 32.2. The molecule has 0 aliphatic carbocycles. The Morgan fingerprint density at radius 2 is 2.10 bits per heavy atom. The van der Waals surface area contributed by atoms with E-state index < -0.39 is 26.6 Å². The molecule has 6 nitrogen and oxygen atoms in total. The number of nitrogens with one attached hydrogen (secondary N) is 1. The lowest BCUT2D eigenvalue weighted by atomic mass is 10.2. The number of nitrogens with two attached hydrogens (primary N) is 1. The SMILES string of the molecule is NS(=O)(=O)c1cc(F)cc(C(=O)NCCc2ccco2)c1. The van der Waals surface area contributed by atoms with Crippen LogP contribution in [0.25, 0.3) is 0 Å². The largest absolute Gasteiger partial charge is 0.469 e. The predicted molar refractivity (Wildman–Crippen MR) is 72.5 cm³/mol. The molecule has 2 aromatic rings. The molecule has 1 amide bonds. The summed E-state index contributed by atoms with van der Waals surface area (Å²) in [5, 5.41) is 7.46. The predicted octanol–water partition coefficient (Wildman–Crippen LogP) is 1.04. The van der Waals surface area contributed by atoms with Crippen LogP contribution in [0.3, 0.4) is 0 Å². The first kappa shape index (κ1) is 15.2. The van der Waals surface area contributed by atoms with Crippen molar-refractivity contribution in [2.75, 3.05) is 6.54 Å². The number of benzene rings is 1. The summed E-state index contributed by atoms with van der Waals surface area (Å²) in [4.78, 5) is 11.4. The third kappa shape index (κ3) is 4.14. The zero-order valence-corrected chi connectivity index (χ0v) is 11.7. The number of carbonyl (C=O) groups is 1. The number of amides is 1. The number of primary sulfonamides is 1.